The largest absolute Gasteiger partial charge is 0.435 e. The van der Waals surface area contributed by atoms with Crippen LogP contribution in [0.4, 0.5) is 14.5 Å². The topological polar surface area (TPSA) is 74.9 Å². The average Bonchev–Trinajstić information content (AvgIpc) is 2.71. The number of nitrogens with zero attached hydrogens (tertiary/aromatic N) is 5. The molecule has 3 aromatic rings. The normalized spacial score (nSPS) is 13.5. The van der Waals surface area contributed by atoms with Crippen LogP contribution in [0.2, 0.25) is 0 Å². The Balaban J connectivity index is 1.81. The SMILES string of the molecule is CCc1ncc2c(n1)CN(c1c(C#N)cnc3ccc(OC(F)F)cc13)CC2. The fourth-order valence-corrected chi connectivity index (χ4v) is 3.46. The molecule has 28 heavy (non-hydrogen) atoms. The van der Waals surface area contributed by atoms with Gasteiger partial charge < -0.3 is 9.64 Å². The number of rotatable bonds is 4. The number of pyridine rings is 1. The summed E-state index contributed by atoms with van der Waals surface area (Å²) < 4.78 is 29.8. The lowest BCUT2D eigenvalue weighted by Gasteiger charge is -2.31. The molecule has 3 heterocycles. The number of alkyl halides is 2. The second-order valence-corrected chi connectivity index (χ2v) is 6.47. The van der Waals surface area contributed by atoms with E-state index in [-0.39, 0.29) is 5.75 Å². The molecular formula is C20H17F2N5O. The predicted octanol–water partition coefficient (Wildman–Crippen LogP) is 3.62. The third kappa shape index (κ3) is 3.31. The first-order valence-corrected chi connectivity index (χ1v) is 8.95. The molecule has 1 aliphatic heterocycles. The first-order valence-electron chi connectivity index (χ1n) is 8.95. The Morgan fingerprint density at radius 3 is 2.89 bits per heavy atom. The summed E-state index contributed by atoms with van der Waals surface area (Å²) in [5.74, 6) is 0.807. The Morgan fingerprint density at radius 2 is 2.14 bits per heavy atom. The Morgan fingerprint density at radius 1 is 1.29 bits per heavy atom. The molecule has 6 nitrogen and oxygen atoms in total. The van der Waals surface area contributed by atoms with Crippen LogP contribution < -0.4 is 9.64 Å². The van der Waals surface area contributed by atoms with Gasteiger partial charge in [0, 0.05) is 30.7 Å². The van der Waals surface area contributed by atoms with E-state index in [0.29, 0.717) is 35.2 Å². The lowest BCUT2D eigenvalue weighted by molar-refractivity contribution is -0.0497. The van der Waals surface area contributed by atoms with Crippen LogP contribution in [0.5, 0.6) is 5.75 Å². The lowest BCUT2D eigenvalue weighted by Crippen LogP contribution is -2.32. The molecule has 1 aromatic carbocycles. The second-order valence-electron chi connectivity index (χ2n) is 6.47. The van der Waals surface area contributed by atoms with Gasteiger partial charge in [0.25, 0.3) is 0 Å². The predicted molar refractivity (Wildman–Crippen MR) is 99.3 cm³/mol. The first-order chi connectivity index (χ1) is 13.6. The van der Waals surface area contributed by atoms with E-state index in [1.54, 1.807) is 6.07 Å². The maximum atomic E-state index is 12.6. The zero-order valence-electron chi connectivity index (χ0n) is 15.2. The van der Waals surface area contributed by atoms with E-state index in [0.717, 1.165) is 29.9 Å². The highest BCUT2D eigenvalue weighted by Crippen LogP contribution is 2.34. The number of fused-ring (bicyclic) bond motifs is 2. The fourth-order valence-electron chi connectivity index (χ4n) is 3.46. The van der Waals surface area contributed by atoms with E-state index in [1.165, 1.54) is 18.3 Å². The molecule has 0 radical (unpaired) electrons. The van der Waals surface area contributed by atoms with Crippen molar-refractivity contribution in [2.75, 3.05) is 11.4 Å². The summed E-state index contributed by atoms with van der Waals surface area (Å²) in [7, 11) is 0. The number of ether oxygens (including phenoxy) is 1. The summed E-state index contributed by atoms with van der Waals surface area (Å²) in [5.41, 5.74) is 3.67. The monoisotopic (exact) mass is 381 g/mol. The molecule has 0 saturated carbocycles. The molecular weight excluding hydrogens is 364 g/mol. The van der Waals surface area contributed by atoms with Crippen LogP contribution in [0.1, 0.15) is 29.6 Å². The van der Waals surface area contributed by atoms with Gasteiger partial charge in [0.1, 0.15) is 17.6 Å². The van der Waals surface area contributed by atoms with Gasteiger partial charge in [-0.2, -0.15) is 14.0 Å². The minimum atomic E-state index is -2.92. The van der Waals surface area contributed by atoms with Gasteiger partial charge in [0.2, 0.25) is 0 Å². The van der Waals surface area contributed by atoms with Gasteiger partial charge in [-0.25, -0.2) is 9.97 Å². The van der Waals surface area contributed by atoms with Gasteiger partial charge >= 0.3 is 6.61 Å². The van der Waals surface area contributed by atoms with Crippen molar-refractivity contribution in [3.63, 3.8) is 0 Å². The Hall–Kier alpha value is -3.34. The highest BCUT2D eigenvalue weighted by atomic mass is 19.3. The molecule has 0 bridgehead atoms. The lowest BCUT2D eigenvalue weighted by atomic mass is 10.0. The number of aromatic nitrogens is 3. The van der Waals surface area contributed by atoms with Gasteiger partial charge in [-0.15, -0.1) is 0 Å². The summed E-state index contributed by atoms with van der Waals surface area (Å²) >= 11 is 0. The molecule has 0 fully saturated rings. The molecule has 142 valence electrons. The van der Waals surface area contributed by atoms with Gasteiger partial charge in [0.05, 0.1) is 29.0 Å². The molecule has 4 rings (SSSR count). The maximum absolute atomic E-state index is 12.6. The quantitative estimate of drug-likeness (QED) is 0.687. The Kier molecular flexibility index (Phi) is 4.74. The molecule has 8 heteroatoms. The van der Waals surface area contributed by atoms with Crippen LogP contribution in [0.15, 0.2) is 30.6 Å². The summed E-state index contributed by atoms with van der Waals surface area (Å²) in [6.07, 6.45) is 4.85. The summed E-state index contributed by atoms with van der Waals surface area (Å²) in [6, 6.07) is 6.74. The van der Waals surface area contributed by atoms with Crippen LogP contribution in [0.3, 0.4) is 0 Å². The van der Waals surface area contributed by atoms with Crippen molar-refractivity contribution < 1.29 is 13.5 Å². The van der Waals surface area contributed by atoms with Crippen molar-refractivity contribution in [3.05, 3.63) is 53.2 Å². The molecule has 0 spiro atoms. The van der Waals surface area contributed by atoms with Crippen LogP contribution in [-0.2, 0) is 19.4 Å². The number of benzene rings is 1. The van der Waals surface area contributed by atoms with E-state index in [4.69, 9.17) is 0 Å². The second kappa shape index (κ2) is 7.35. The fraction of sp³-hybridized carbons (Fsp3) is 0.300. The Labute approximate surface area is 160 Å². The van der Waals surface area contributed by atoms with Gasteiger partial charge in [0.15, 0.2) is 0 Å². The van der Waals surface area contributed by atoms with E-state index in [2.05, 4.69) is 25.8 Å². The van der Waals surface area contributed by atoms with Crippen molar-refractivity contribution in [3.8, 4) is 11.8 Å². The number of hydrogen-bond acceptors (Lipinski definition) is 6. The van der Waals surface area contributed by atoms with E-state index in [9.17, 15) is 14.0 Å². The van der Waals surface area contributed by atoms with Gasteiger partial charge in [-0.3, -0.25) is 4.98 Å². The molecule has 1 aliphatic rings. The van der Waals surface area contributed by atoms with Gasteiger partial charge in [-0.05, 0) is 30.2 Å². The van der Waals surface area contributed by atoms with E-state index < -0.39 is 6.61 Å². The number of anilines is 1. The first kappa shape index (κ1) is 18.0. The smallest absolute Gasteiger partial charge is 0.387 e. The zero-order chi connectivity index (χ0) is 19.7. The third-order valence-electron chi connectivity index (χ3n) is 4.78. The van der Waals surface area contributed by atoms with Crippen molar-refractivity contribution in [2.24, 2.45) is 0 Å². The Bertz CT molecular complexity index is 1080. The summed E-state index contributed by atoms with van der Waals surface area (Å²) in [6.45, 7) is 0.254. The molecule has 0 unspecified atom stereocenters. The maximum Gasteiger partial charge on any atom is 0.387 e. The van der Waals surface area contributed by atoms with Gasteiger partial charge in [-0.1, -0.05) is 6.92 Å². The molecule has 0 aliphatic carbocycles. The number of hydrogen-bond donors (Lipinski definition) is 0. The third-order valence-corrected chi connectivity index (χ3v) is 4.78. The number of nitriles is 1. The summed E-state index contributed by atoms with van der Waals surface area (Å²) in [4.78, 5) is 15.3. The zero-order valence-corrected chi connectivity index (χ0v) is 15.2. The van der Waals surface area contributed by atoms with Crippen molar-refractivity contribution in [1.82, 2.24) is 15.0 Å². The van der Waals surface area contributed by atoms with Crippen molar-refractivity contribution in [1.29, 1.82) is 5.26 Å². The van der Waals surface area contributed by atoms with Crippen LogP contribution >= 0.6 is 0 Å². The van der Waals surface area contributed by atoms with Crippen LogP contribution in [-0.4, -0.2) is 28.1 Å². The molecule has 0 N–H and O–H groups in total. The molecule has 0 amide bonds. The standard InChI is InChI=1S/C20H17F2N5O/c1-2-18-25-9-12-5-6-27(11-17(12)26-18)19-13(8-23)10-24-16-4-3-14(7-15(16)19)28-20(21)22/h3-4,7,9-10,20H,2,5-6,11H2,1H3. The minimum absolute atomic E-state index is 0.0358. The molecule has 0 saturated heterocycles. The summed E-state index contributed by atoms with van der Waals surface area (Å²) in [5, 5.41) is 10.2. The average molecular weight is 381 g/mol. The van der Waals surface area contributed by atoms with E-state index in [1.807, 2.05) is 18.0 Å². The molecule has 2 aromatic heterocycles. The highest BCUT2D eigenvalue weighted by Gasteiger charge is 2.23. The highest BCUT2D eigenvalue weighted by molar-refractivity contribution is 5.95. The molecule has 0 atom stereocenters. The van der Waals surface area contributed by atoms with E-state index >= 15 is 0 Å². The van der Waals surface area contributed by atoms with Crippen LogP contribution in [0, 0.1) is 11.3 Å². The van der Waals surface area contributed by atoms with Crippen molar-refractivity contribution >= 4 is 16.6 Å². The number of aryl methyl sites for hydroxylation is 1. The van der Waals surface area contributed by atoms with Crippen LogP contribution in [0.25, 0.3) is 10.9 Å². The van der Waals surface area contributed by atoms with Crippen molar-refractivity contribution in [2.45, 2.75) is 32.9 Å². The number of halogens is 2. The minimum Gasteiger partial charge on any atom is -0.435 e.